The highest BCUT2D eigenvalue weighted by atomic mass is 19.4. The molecule has 1 aromatic carbocycles. The van der Waals surface area contributed by atoms with Crippen molar-refractivity contribution in [2.45, 2.75) is 18.6 Å². The Morgan fingerprint density at radius 2 is 1.95 bits per heavy atom. The number of aromatic nitrogens is 3. The molecule has 0 saturated carbocycles. The minimum absolute atomic E-state index is 0.0685. The molecule has 0 amide bonds. The lowest BCUT2D eigenvalue weighted by molar-refractivity contribution is -0.137. The van der Waals surface area contributed by atoms with Gasteiger partial charge < -0.3 is 5.32 Å². The summed E-state index contributed by atoms with van der Waals surface area (Å²) in [4.78, 5) is 4.05. The van der Waals surface area contributed by atoms with Gasteiger partial charge in [0.1, 0.15) is 6.33 Å². The summed E-state index contributed by atoms with van der Waals surface area (Å²) in [6.07, 6.45) is -2.10. The first-order valence-corrected chi connectivity index (χ1v) is 5.86. The fraction of sp³-hybridized carbons (Fsp3) is 0.333. The number of nitrogens with zero attached hydrogens (tertiary/aromatic N) is 3. The Labute approximate surface area is 107 Å². The van der Waals surface area contributed by atoms with Crippen molar-refractivity contribution in [2.75, 3.05) is 11.9 Å². The van der Waals surface area contributed by atoms with Crippen LogP contribution >= 0.6 is 0 Å². The highest BCUT2D eigenvalue weighted by Crippen LogP contribution is 2.32. The number of hydrogen-bond acceptors (Lipinski definition) is 3. The van der Waals surface area contributed by atoms with Crippen LogP contribution in [0.25, 0.3) is 0 Å². The molecular weight excluding hydrogens is 257 g/mol. The summed E-state index contributed by atoms with van der Waals surface area (Å²) in [6.45, 7) is 0.727. The van der Waals surface area contributed by atoms with Crippen LogP contribution < -0.4 is 5.32 Å². The van der Waals surface area contributed by atoms with Crippen molar-refractivity contribution in [1.29, 1.82) is 0 Å². The molecule has 1 aliphatic heterocycles. The molecule has 0 bridgehead atoms. The maximum Gasteiger partial charge on any atom is 0.416 e. The third-order valence-electron chi connectivity index (χ3n) is 3.19. The Morgan fingerprint density at radius 1 is 1.21 bits per heavy atom. The third kappa shape index (κ3) is 2.16. The molecule has 1 unspecified atom stereocenters. The number of nitrogens with one attached hydrogen (secondary N) is 1. The maximum absolute atomic E-state index is 12.5. The lowest BCUT2D eigenvalue weighted by Crippen LogP contribution is -2.24. The first kappa shape index (κ1) is 12.0. The minimum Gasteiger partial charge on any atom is -0.354 e. The number of alkyl halides is 3. The number of benzene rings is 1. The number of rotatable bonds is 1. The van der Waals surface area contributed by atoms with Crippen molar-refractivity contribution in [3.05, 3.63) is 41.7 Å². The van der Waals surface area contributed by atoms with E-state index in [2.05, 4.69) is 15.4 Å². The lowest BCUT2D eigenvalue weighted by atomic mass is 10.0. The molecule has 2 aromatic rings. The van der Waals surface area contributed by atoms with E-state index in [1.165, 1.54) is 18.5 Å². The SMILES string of the molecule is FC(F)(F)c1ccc(C2CCNc3ncnn32)cc1. The van der Waals surface area contributed by atoms with E-state index in [4.69, 9.17) is 0 Å². The number of fused-ring (bicyclic) bond motifs is 1. The summed E-state index contributed by atoms with van der Waals surface area (Å²) in [7, 11) is 0. The van der Waals surface area contributed by atoms with Gasteiger partial charge in [0.15, 0.2) is 0 Å². The predicted octanol–water partition coefficient (Wildman–Crippen LogP) is 2.70. The fourth-order valence-electron chi connectivity index (χ4n) is 2.25. The summed E-state index contributed by atoms with van der Waals surface area (Å²) in [5.74, 6) is 0.649. The number of halogens is 3. The summed E-state index contributed by atoms with van der Waals surface area (Å²) < 4.78 is 39.2. The average Bonchev–Trinajstić information content (AvgIpc) is 2.86. The van der Waals surface area contributed by atoms with E-state index >= 15 is 0 Å². The van der Waals surface area contributed by atoms with Crippen LogP contribution in [0.4, 0.5) is 19.1 Å². The molecule has 100 valence electrons. The molecule has 0 aliphatic carbocycles. The molecule has 0 saturated heterocycles. The highest BCUT2D eigenvalue weighted by molar-refractivity contribution is 5.33. The second kappa shape index (κ2) is 4.25. The minimum atomic E-state index is -4.30. The second-order valence-electron chi connectivity index (χ2n) is 4.38. The van der Waals surface area contributed by atoms with Crippen molar-refractivity contribution in [3.63, 3.8) is 0 Å². The van der Waals surface area contributed by atoms with Gasteiger partial charge in [0.05, 0.1) is 11.6 Å². The van der Waals surface area contributed by atoms with E-state index in [9.17, 15) is 13.2 Å². The van der Waals surface area contributed by atoms with Crippen molar-refractivity contribution in [2.24, 2.45) is 0 Å². The predicted molar refractivity (Wildman–Crippen MR) is 62.7 cm³/mol. The molecule has 4 nitrogen and oxygen atoms in total. The standard InChI is InChI=1S/C12H11F3N4/c13-12(14,15)9-3-1-8(2-4-9)10-5-6-16-11-17-7-18-19(10)11/h1-4,7,10H,5-6H2,(H,16,17,18). The zero-order chi connectivity index (χ0) is 13.5. The summed E-state index contributed by atoms with van der Waals surface area (Å²) in [5.41, 5.74) is 0.172. The Kier molecular flexibility index (Phi) is 2.69. The monoisotopic (exact) mass is 268 g/mol. The summed E-state index contributed by atoms with van der Waals surface area (Å²) in [6, 6.07) is 5.15. The molecule has 1 aromatic heterocycles. The van der Waals surface area contributed by atoms with Crippen molar-refractivity contribution >= 4 is 5.95 Å². The normalized spacial score (nSPS) is 18.8. The molecule has 7 heteroatoms. The fourth-order valence-corrected chi connectivity index (χ4v) is 2.25. The van der Waals surface area contributed by atoms with Crippen LogP contribution in [0.1, 0.15) is 23.6 Å². The molecule has 3 rings (SSSR count). The quantitative estimate of drug-likeness (QED) is 0.864. The van der Waals surface area contributed by atoms with Crippen LogP contribution in [-0.2, 0) is 6.18 Å². The van der Waals surface area contributed by atoms with Gasteiger partial charge in [0.2, 0.25) is 5.95 Å². The van der Waals surface area contributed by atoms with E-state index in [1.807, 2.05) is 0 Å². The first-order valence-electron chi connectivity index (χ1n) is 5.86. The van der Waals surface area contributed by atoms with Crippen LogP contribution in [0.5, 0.6) is 0 Å². The lowest BCUT2D eigenvalue weighted by Gasteiger charge is -2.25. The summed E-state index contributed by atoms with van der Waals surface area (Å²) in [5, 5.41) is 7.19. The Balaban J connectivity index is 1.93. The molecule has 0 spiro atoms. The van der Waals surface area contributed by atoms with E-state index in [0.29, 0.717) is 5.95 Å². The zero-order valence-electron chi connectivity index (χ0n) is 9.85. The molecule has 0 radical (unpaired) electrons. The Hall–Kier alpha value is -2.05. The molecule has 1 atom stereocenters. The topological polar surface area (TPSA) is 42.7 Å². The van der Waals surface area contributed by atoms with Gasteiger partial charge in [-0.25, -0.2) is 4.68 Å². The summed E-state index contributed by atoms with van der Waals surface area (Å²) >= 11 is 0. The molecule has 1 aliphatic rings. The molecule has 0 fully saturated rings. The third-order valence-corrected chi connectivity index (χ3v) is 3.19. The second-order valence-corrected chi connectivity index (χ2v) is 4.38. The van der Waals surface area contributed by atoms with E-state index < -0.39 is 11.7 Å². The first-order chi connectivity index (χ1) is 9.05. The number of hydrogen-bond donors (Lipinski definition) is 1. The Bertz CT molecular complexity index is 573. The average molecular weight is 268 g/mol. The van der Waals surface area contributed by atoms with Gasteiger partial charge in [-0.05, 0) is 24.1 Å². The molecule has 1 N–H and O–H groups in total. The van der Waals surface area contributed by atoms with Crippen molar-refractivity contribution in [1.82, 2.24) is 14.8 Å². The van der Waals surface area contributed by atoms with Gasteiger partial charge >= 0.3 is 6.18 Å². The van der Waals surface area contributed by atoms with Crippen molar-refractivity contribution in [3.8, 4) is 0 Å². The molecule has 2 heterocycles. The van der Waals surface area contributed by atoms with Gasteiger partial charge in [0.25, 0.3) is 0 Å². The van der Waals surface area contributed by atoms with Crippen LogP contribution in [0.2, 0.25) is 0 Å². The van der Waals surface area contributed by atoms with Gasteiger partial charge in [-0.2, -0.15) is 23.3 Å². The highest BCUT2D eigenvalue weighted by Gasteiger charge is 2.30. The van der Waals surface area contributed by atoms with Crippen molar-refractivity contribution < 1.29 is 13.2 Å². The molecule has 19 heavy (non-hydrogen) atoms. The van der Waals surface area contributed by atoms with Crippen LogP contribution in [-0.4, -0.2) is 21.3 Å². The Morgan fingerprint density at radius 3 is 2.63 bits per heavy atom. The van der Waals surface area contributed by atoms with Gasteiger partial charge in [-0.1, -0.05) is 12.1 Å². The van der Waals surface area contributed by atoms with Crippen LogP contribution in [0.15, 0.2) is 30.6 Å². The largest absolute Gasteiger partial charge is 0.416 e. The van der Waals surface area contributed by atoms with Gasteiger partial charge in [-0.3, -0.25) is 0 Å². The number of anilines is 1. The van der Waals surface area contributed by atoms with E-state index in [0.717, 1.165) is 30.7 Å². The molecular formula is C12H11F3N4. The van der Waals surface area contributed by atoms with E-state index in [-0.39, 0.29) is 6.04 Å². The smallest absolute Gasteiger partial charge is 0.354 e. The van der Waals surface area contributed by atoms with Gasteiger partial charge in [0, 0.05) is 6.54 Å². The van der Waals surface area contributed by atoms with Crippen LogP contribution in [0, 0.1) is 0 Å². The van der Waals surface area contributed by atoms with Crippen LogP contribution in [0.3, 0.4) is 0 Å². The van der Waals surface area contributed by atoms with E-state index in [1.54, 1.807) is 4.68 Å². The van der Waals surface area contributed by atoms with Gasteiger partial charge in [-0.15, -0.1) is 0 Å². The zero-order valence-corrected chi connectivity index (χ0v) is 9.85. The maximum atomic E-state index is 12.5.